The Bertz CT molecular complexity index is 624. The summed E-state index contributed by atoms with van der Waals surface area (Å²) in [4.78, 5) is 9.52. The minimum absolute atomic E-state index is 0.456. The summed E-state index contributed by atoms with van der Waals surface area (Å²) in [7, 11) is 0. The van der Waals surface area contributed by atoms with Crippen LogP contribution in [0.15, 0.2) is 23.8 Å². The fourth-order valence-corrected chi connectivity index (χ4v) is 2.97. The minimum Gasteiger partial charge on any atom is -0.366 e. The van der Waals surface area contributed by atoms with Gasteiger partial charge in [-0.05, 0) is 32.0 Å². The van der Waals surface area contributed by atoms with Crippen LogP contribution in [0.1, 0.15) is 17.7 Å². The SMILES string of the molecule is N#Cc1cc(-c2cncc(NC3CCNCC3)n2)cs1. The summed E-state index contributed by atoms with van der Waals surface area (Å²) in [6.07, 6.45) is 5.69. The van der Waals surface area contributed by atoms with E-state index in [1.807, 2.05) is 11.4 Å². The van der Waals surface area contributed by atoms with Gasteiger partial charge in [-0.2, -0.15) is 5.26 Å². The van der Waals surface area contributed by atoms with Crippen LogP contribution < -0.4 is 10.6 Å². The van der Waals surface area contributed by atoms with Crippen LogP contribution in [0.5, 0.6) is 0 Å². The Kier molecular flexibility index (Phi) is 3.90. The Morgan fingerprint density at radius 3 is 2.95 bits per heavy atom. The third-order valence-electron chi connectivity index (χ3n) is 3.33. The Labute approximate surface area is 121 Å². The normalized spacial score (nSPS) is 15.8. The van der Waals surface area contributed by atoms with Crippen LogP contribution >= 0.6 is 11.3 Å². The van der Waals surface area contributed by atoms with Crippen molar-refractivity contribution in [3.05, 3.63) is 28.7 Å². The molecule has 0 amide bonds. The van der Waals surface area contributed by atoms with Crippen LogP contribution in [-0.4, -0.2) is 29.1 Å². The van der Waals surface area contributed by atoms with Gasteiger partial charge in [-0.3, -0.25) is 4.98 Å². The molecule has 0 aromatic carbocycles. The smallest absolute Gasteiger partial charge is 0.145 e. The maximum Gasteiger partial charge on any atom is 0.145 e. The molecule has 6 heteroatoms. The summed E-state index contributed by atoms with van der Waals surface area (Å²) in [6, 6.07) is 4.45. The van der Waals surface area contributed by atoms with E-state index in [2.05, 4.69) is 26.7 Å². The van der Waals surface area contributed by atoms with Gasteiger partial charge in [-0.1, -0.05) is 0 Å². The molecule has 0 radical (unpaired) electrons. The van der Waals surface area contributed by atoms with E-state index >= 15 is 0 Å². The molecule has 3 heterocycles. The van der Waals surface area contributed by atoms with Crippen LogP contribution in [-0.2, 0) is 0 Å². The van der Waals surface area contributed by atoms with E-state index in [1.165, 1.54) is 11.3 Å². The Morgan fingerprint density at radius 2 is 2.20 bits per heavy atom. The molecule has 1 fully saturated rings. The van der Waals surface area contributed by atoms with Crippen molar-refractivity contribution in [2.24, 2.45) is 0 Å². The first-order valence-corrected chi connectivity index (χ1v) is 7.51. The lowest BCUT2D eigenvalue weighted by Crippen LogP contribution is -2.35. The number of nitrogens with zero attached hydrogens (tertiary/aromatic N) is 3. The molecule has 0 unspecified atom stereocenters. The summed E-state index contributed by atoms with van der Waals surface area (Å²) < 4.78 is 0. The number of aromatic nitrogens is 2. The molecule has 20 heavy (non-hydrogen) atoms. The molecule has 5 nitrogen and oxygen atoms in total. The molecule has 0 bridgehead atoms. The standard InChI is InChI=1S/C14H15N5S/c15-6-12-5-10(9-20-12)13-7-17-8-14(19-13)18-11-1-3-16-4-2-11/h5,7-9,11,16H,1-4H2,(H,18,19). The van der Waals surface area contributed by atoms with Gasteiger partial charge in [0.15, 0.2) is 0 Å². The molecular formula is C14H15N5S. The fourth-order valence-electron chi connectivity index (χ4n) is 2.28. The highest BCUT2D eigenvalue weighted by atomic mass is 32.1. The molecule has 0 aliphatic carbocycles. The van der Waals surface area contributed by atoms with E-state index in [9.17, 15) is 0 Å². The van der Waals surface area contributed by atoms with Gasteiger partial charge in [0.2, 0.25) is 0 Å². The summed E-state index contributed by atoms with van der Waals surface area (Å²) in [5.41, 5.74) is 1.76. The molecule has 0 atom stereocenters. The van der Waals surface area contributed by atoms with E-state index in [0.29, 0.717) is 10.9 Å². The Balaban J connectivity index is 1.77. The Hall–Kier alpha value is -1.97. The van der Waals surface area contributed by atoms with Gasteiger partial charge in [-0.15, -0.1) is 11.3 Å². The average molecular weight is 285 g/mol. The van der Waals surface area contributed by atoms with E-state index in [0.717, 1.165) is 43.0 Å². The van der Waals surface area contributed by atoms with Crippen molar-refractivity contribution in [2.45, 2.75) is 18.9 Å². The number of hydrogen-bond acceptors (Lipinski definition) is 6. The lowest BCUT2D eigenvalue weighted by Gasteiger charge is -2.24. The first-order valence-electron chi connectivity index (χ1n) is 6.63. The highest BCUT2D eigenvalue weighted by Crippen LogP contribution is 2.24. The van der Waals surface area contributed by atoms with Crippen molar-refractivity contribution >= 4 is 17.2 Å². The van der Waals surface area contributed by atoms with Crippen molar-refractivity contribution in [1.82, 2.24) is 15.3 Å². The number of hydrogen-bond donors (Lipinski definition) is 2. The van der Waals surface area contributed by atoms with Gasteiger partial charge in [-0.25, -0.2) is 4.98 Å². The number of thiophene rings is 1. The number of anilines is 1. The predicted molar refractivity (Wildman–Crippen MR) is 79.6 cm³/mol. The van der Waals surface area contributed by atoms with Crippen LogP contribution in [0.3, 0.4) is 0 Å². The molecule has 1 aliphatic rings. The second-order valence-electron chi connectivity index (χ2n) is 4.77. The second kappa shape index (κ2) is 5.99. The number of piperidine rings is 1. The monoisotopic (exact) mass is 285 g/mol. The summed E-state index contributed by atoms with van der Waals surface area (Å²) in [6.45, 7) is 2.09. The van der Waals surface area contributed by atoms with Gasteiger partial charge in [0.25, 0.3) is 0 Å². The largest absolute Gasteiger partial charge is 0.366 e. The number of nitrogens with one attached hydrogen (secondary N) is 2. The first-order chi connectivity index (χ1) is 9.85. The average Bonchev–Trinajstić information content (AvgIpc) is 2.98. The second-order valence-corrected chi connectivity index (χ2v) is 5.68. The van der Waals surface area contributed by atoms with Crippen molar-refractivity contribution in [3.63, 3.8) is 0 Å². The molecule has 2 aromatic rings. The lowest BCUT2D eigenvalue weighted by molar-refractivity contribution is 0.478. The highest BCUT2D eigenvalue weighted by molar-refractivity contribution is 7.10. The Morgan fingerprint density at radius 1 is 1.35 bits per heavy atom. The zero-order valence-corrected chi connectivity index (χ0v) is 11.8. The van der Waals surface area contributed by atoms with Crippen LogP contribution in [0.4, 0.5) is 5.82 Å². The fraction of sp³-hybridized carbons (Fsp3) is 0.357. The molecule has 0 saturated carbocycles. The summed E-state index contributed by atoms with van der Waals surface area (Å²) in [5.74, 6) is 0.805. The molecule has 2 aromatic heterocycles. The van der Waals surface area contributed by atoms with E-state index in [-0.39, 0.29) is 0 Å². The lowest BCUT2D eigenvalue weighted by atomic mass is 10.1. The first kappa shape index (κ1) is 13.0. The van der Waals surface area contributed by atoms with Gasteiger partial charge < -0.3 is 10.6 Å². The van der Waals surface area contributed by atoms with E-state index in [1.54, 1.807) is 12.4 Å². The van der Waals surface area contributed by atoms with Gasteiger partial charge in [0.05, 0.1) is 18.1 Å². The molecule has 102 valence electrons. The van der Waals surface area contributed by atoms with Crippen molar-refractivity contribution in [1.29, 1.82) is 5.26 Å². The maximum atomic E-state index is 8.87. The number of nitriles is 1. The van der Waals surface area contributed by atoms with Crippen molar-refractivity contribution in [3.8, 4) is 17.3 Å². The van der Waals surface area contributed by atoms with Crippen molar-refractivity contribution in [2.75, 3.05) is 18.4 Å². The van der Waals surface area contributed by atoms with Gasteiger partial charge >= 0.3 is 0 Å². The third-order valence-corrected chi connectivity index (χ3v) is 4.17. The zero-order chi connectivity index (χ0) is 13.8. The minimum atomic E-state index is 0.456. The van der Waals surface area contributed by atoms with E-state index < -0.39 is 0 Å². The summed E-state index contributed by atoms with van der Waals surface area (Å²) >= 11 is 1.43. The van der Waals surface area contributed by atoms with Crippen molar-refractivity contribution < 1.29 is 0 Å². The van der Waals surface area contributed by atoms with E-state index in [4.69, 9.17) is 5.26 Å². The third kappa shape index (κ3) is 2.95. The molecule has 2 N–H and O–H groups in total. The number of rotatable bonds is 3. The molecule has 1 saturated heterocycles. The predicted octanol–water partition coefficient (Wildman–Crippen LogP) is 2.24. The maximum absolute atomic E-state index is 8.87. The zero-order valence-electron chi connectivity index (χ0n) is 11.0. The molecular weight excluding hydrogens is 270 g/mol. The highest BCUT2D eigenvalue weighted by Gasteiger charge is 2.13. The van der Waals surface area contributed by atoms with Crippen LogP contribution in [0.25, 0.3) is 11.3 Å². The molecule has 3 rings (SSSR count). The van der Waals surface area contributed by atoms with Gasteiger partial charge in [0, 0.05) is 17.0 Å². The van der Waals surface area contributed by atoms with Crippen LogP contribution in [0, 0.1) is 11.3 Å². The molecule has 0 spiro atoms. The molecule has 1 aliphatic heterocycles. The quantitative estimate of drug-likeness (QED) is 0.904. The van der Waals surface area contributed by atoms with Gasteiger partial charge in [0.1, 0.15) is 16.8 Å². The topological polar surface area (TPSA) is 73.6 Å². The summed E-state index contributed by atoms with van der Waals surface area (Å²) in [5, 5.41) is 17.6. The van der Waals surface area contributed by atoms with Crippen LogP contribution in [0.2, 0.25) is 0 Å².